The maximum absolute atomic E-state index is 12.8. The van der Waals surface area contributed by atoms with Crippen LogP contribution in [-0.4, -0.2) is 48.2 Å². The number of carboxylic acid groups (broad SMARTS) is 1. The molecule has 2 N–H and O–H groups in total. The van der Waals surface area contributed by atoms with Crippen LogP contribution < -0.4 is 5.32 Å². The Kier molecular flexibility index (Phi) is 5.75. The van der Waals surface area contributed by atoms with Crippen LogP contribution in [0.2, 0.25) is 0 Å². The van der Waals surface area contributed by atoms with Gasteiger partial charge in [0.25, 0.3) is 5.91 Å². The Morgan fingerprint density at radius 3 is 2.75 bits per heavy atom. The number of ether oxygens (including phenoxy) is 1. The summed E-state index contributed by atoms with van der Waals surface area (Å²) in [6, 6.07) is 7.55. The largest absolute Gasteiger partial charge is 0.478 e. The van der Waals surface area contributed by atoms with E-state index in [-0.39, 0.29) is 11.5 Å². The molecule has 2 aliphatic rings. The number of carbonyl (C=O) groups is 2. The Morgan fingerprint density at radius 2 is 1.96 bits per heavy atom. The van der Waals surface area contributed by atoms with E-state index >= 15 is 0 Å². The monoisotopic (exact) mass is 400 g/mol. The topological polar surface area (TPSA) is 78.9 Å². The van der Waals surface area contributed by atoms with Gasteiger partial charge in [-0.25, -0.2) is 4.79 Å². The highest BCUT2D eigenvalue weighted by Gasteiger charge is 2.26. The first-order valence-electron chi connectivity index (χ1n) is 9.70. The number of hydrogen-bond acceptors (Lipinski definition) is 5. The Hall–Kier alpha value is -2.22. The molecule has 2 heterocycles. The van der Waals surface area contributed by atoms with Crippen molar-refractivity contribution in [3.8, 4) is 0 Å². The molecule has 0 atom stereocenters. The van der Waals surface area contributed by atoms with E-state index in [4.69, 9.17) is 4.74 Å². The molecule has 1 aromatic carbocycles. The molecule has 7 heteroatoms. The van der Waals surface area contributed by atoms with Gasteiger partial charge in [-0.05, 0) is 48.9 Å². The Morgan fingerprint density at radius 1 is 1.18 bits per heavy atom. The molecule has 1 fully saturated rings. The van der Waals surface area contributed by atoms with Gasteiger partial charge >= 0.3 is 5.97 Å². The smallest absolute Gasteiger partial charge is 0.339 e. The van der Waals surface area contributed by atoms with Gasteiger partial charge in [-0.2, -0.15) is 0 Å². The van der Waals surface area contributed by atoms with E-state index in [1.165, 1.54) is 11.3 Å². The summed E-state index contributed by atoms with van der Waals surface area (Å²) < 4.78 is 5.38. The standard InChI is InChI=1S/C21H24N2O4S/c24-19(15-5-3-4-14(12-15)13-23-8-10-27-11-9-23)22-20-18(21(25)26)16-6-1-2-7-17(16)28-20/h3-5,12H,1-2,6-11,13H2,(H,22,24)(H,25,26). The van der Waals surface area contributed by atoms with Crippen LogP contribution in [0.5, 0.6) is 0 Å². The molecule has 0 unspecified atom stereocenters. The van der Waals surface area contributed by atoms with Crippen molar-refractivity contribution in [2.24, 2.45) is 0 Å². The first-order chi connectivity index (χ1) is 13.6. The van der Waals surface area contributed by atoms with Gasteiger partial charge in [0.2, 0.25) is 0 Å². The van der Waals surface area contributed by atoms with Gasteiger partial charge in [-0.15, -0.1) is 11.3 Å². The van der Waals surface area contributed by atoms with Gasteiger partial charge in [0.05, 0.1) is 18.8 Å². The minimum absolute atomic E-state index is 0.259. The number of aromatic carboxylic acids is 1. The quantitative estimate of drug-likeness (QED) is 0.804. The van der Waals surface area contributed by atoms with Crippen molar-refractivity contribution in [1.82, 2.24) is 4.90 Å². The number of carbonyl (C=O) groups excluding carboxylic acids is 1. The number of anilines is 1. The summed E-state index contributed by atoms with van der Waals surface area (Å²) in [6.07, 6.45) is 3.74. The zero-order valence-electron chi connectivity index (χ0n) is 15.7. The fourth-order valence-electron chi connectivity index (χ4n) is 3.88. The Bertz CT molecular complexity index is 887. The van der Waals surface area contributed by atoms with Crippen LogP contribution in [0.3, 0.4) is 0 Å². The van der Waals surface area contributed by atoms with Crippen LogP contribution in [0.25, 0.3) is 0 Å². The van der Waals surface area contributed by atoms with Crippen molar-refractivity contribution < 1.29 is 19.4 Å². The Labute approximate surface area is 168 Å². The number of morpholine rings is 1. The summed E-state index contributed by atoms with van der Waals surface area (Å²) in [5, 5.41) is 13.0. The summed E-state index contributed by atoms with van der Waals surface area (Å²) in [7, 11) is 0. The van der Waals surface area contributed by atoms with Crippen LogP contribution in [-0.2, 0) is 24.1 Å². The van der Waals surface area contributed by atoms with Crippen LogP contribution >= 0.6 is 11.3 Å². The lowest BCUT2D eigenvalue weighted by Gasteiger charge is -2.26. The molecule has 148 valence electrons. The molecule has 1 saturated heterocycles. The predicted molar refractivity (Wildman–Crippen MR) is 108 cm³/mol. The number of thiophene rings is 1. The zero-order valence-corrected chi connectivity index (χ0v) is 16.5. The third kappa shape index (κ3) is 4.11. The average Bonchev–Trinajstić information content (AvgIpc) is 3.07. The second-order valence-electron chi connectivity index (χ2n) is 7.26. The fraction of sp³-hybridized carbons (Fsp3) is 0.429. The summed E-state index contributed by atoms with van der Waals surface area (Å²) in [6.45, 7) is 4.03. The van der Waals surface area contributed by atoms with Crippen molar-refractivity contribution in [3.63, 3.8) is 0 Å². The molecule has 1 aliphatic heterocycles. The number of hydrogen-bond donors (Lipinski definition) is 2. The summed E-state index contributed by atoms with van der Waals surface area (Å²) in [5.74, 6) is -1.22. The van der Waals surface area contributed by atoms with E-state index in [9.17, 15) is 14.7 Å². The molecule has 0 saturated carbocycles. The zero-order chi connectivity index (χ0) is 19.5. The number of amides is 1. The highest BCUT2D eigenvalue weighted by molar-refractivity contribution is 7.17. The van der Waals surface area contributed by atoms with E-state index in [1.807, 2.05) is 18.2 Å². The second kappa shape index (κ2) is 8.43. The number of aryl methyl sites for hydroxylation is 1. The van der Waals surface area contributed by atoms with Crippen LogP contribution in [0.4, 0.5) is 5.00 Å². The van der Waals surface area contributed by atoms with Crippen molar-refractivity contribution in [2.45, 2.75) is 32.2 Å². The first-order valence-corrected chi connectivity index (χ1v) is 10.5. The average molecular weight is 401 g/mol. The van der Waals surface area contributed by atoms with E-state index in [1.54, 1.807) is 6.07 Å². The highest BCUT2D eigenvalue weighted by Crippen LogP contribution is 2.38. The van der Waals surface area contributed by atoms with Crippen LogP contribution in [0.15, 0.2) is 24.3 Å². The van der Waals surface area contributed by atoms with E-state index in [0.29, 0.717) is 10.6 Å². The molecule has 1 aliphatic carbocycles. The number of benzene rings is 1. The van der Waals surface area contributed by atoms with E-state index in [2.05, 4.69) is 10.2 Å². The van der Waals surface area contributed by atoms with Gasteiger partial charge in [0.1, 0.15) is 5.00 Å². The number of rotatable bonds is 5. The maximum Gasteiger partial charge on any atom is 0.339 e. The van der Waals surface area contributed by atoms with Crippen molar-refractivity contribution >= 4 is 28.2 Å². The maximum atomic E-state index is 12.8. The first kappa shape index (κ1) is 19.1. The third-order valence-electron chi connectivity index (χ3n) is 5.31. The second-order valence-corrected chi connectivity index (χ2v) is 8.37. The van der Waals surface area contributed by atoms with Crippen molar-refractivity contribution in [1.29, 1.82) is 0 Å². The van der Waals surface area contributed by atoms with Crippen LogP contribution in [0, 0.1) is 0 Å². The molecule has 1 amide bonds. The summed E-state index contributed by atoms with van der Waals surface area (Å²) >= 11 is 1.41. The van der Waals surface area contributed by atoms with Crippen molar-refractivity contribution in [2.75, 3.05) is 31.6 Å². The number of carboxylic acids is 1. The van der Waals surface area contributed by atoms with Crippen LogP contribution in [0.1, 0.15) is 49.6 Å². The lowest BCUT2D eigenvalue weighted by Crippen LogP contribution is -2.35. The van der Waals surface area contributed by atoms with Gasteiger partial charge in [0, 0.05) is 30.1 Å². The minimum atomic E-state index is -0.962. The summed E-state index contributed by atoms with van der Waals surface area (Å²) in [5.41, 5.74) is 2.80. The lowest BCUT2D eigenvalue weighted by molar-refractivity contribution is 0.0342. The number of nitrogens with zero attached hydrogens (tertiary/aromatic N) is 1. The molecule has 6 nitrogen and oxygen atoms in total. The molecular formula is C21H24N2O4S. The Balaban J connectivity index is 1.52. The molecule has 0 bridgehead atoms. The van der Waals surface area contributed by atoms with Gasteiger partial charge < -0.3 is 15.2 Å². The highest BCUT2D eigenvalue weighted by atomic mass is 32.1. The minimum Gasteiger partial charge on any atom is -0.478 e. The van der Waals surface area contributed by atoms with Crippen molar-refractivity contribution in [3.05, 3.63) is 51.4 Å². The molecule has 4 rings (SSSR count). The lowest BCUT2D eigenvalue weighted by atomic mass is 9.95. The molecule has 2 aromatic rings. The summed E-state index contributed by atoms with van der Waals surface area (Å²) in [4.78, 5) is 28.0. The fourth-order valence-corrected chi connectivity index (χ4v) is 5.16. The molecule has 28 heavy (non-hydrogen) atoms. The molecule has 0 spiro atoms. The third-order valence-corrected chi connectivity index (χ3v) is 6.52. The molecule has 0 radical (unpaired) electrons. The normalized spacial score (nSPS) is 17.1. The predicted octanol–water partition coefficient (Wildman–Crippen LogP) is 3.41. The molecular weight excluding hydrogens is 376 g/mol. The number of nitrogens with one attached hydrogen (secondary N) is 1. The van der Waals surface area contributed by atoms with Gasteiger partial charge in [-0.3, -0.25) is 9.69 Å². The van der Waals surface area contributed by atoms with E-state index in [0.717, 1.165) is 74.5 Å². The van der Waals surface area contributed by atoms with Gasteiger partial charge in [-0.1, -0.05) is 12.1 Å². The van der Waals surface area contributed by atoms with E-state index < -0.39 is 5.97 Å². The van der Waals surface area contributed by atoms with Gasteiger partial charge in [0.15, 0.2) is 0 Å². The number of fused-ring (bicyclic) bond motifs is 1. The SMILES string of the molecule is O=C(Nc1sc2c(c1C(=O)O)CCCC2)c1cccc(CN2CCOCC2)c1. The molecule has 1 aromatic heterocycles.